The highest BCUT2D eigenvalue weighted by atomic mass is 16.5. The second-order valence-electron chi connectivity index (χ2n) is 4.73. The maximum Gasteiger partial charge on any atom is 0.222 e. The van der Waals surface area contributed by atoms with E-state index in [1.54, 1.807) is 0 Å². The normalized spacial score (nSPS) is 14.9. The van der Waals surface area contributed by atoms with E-state index in [2.05, 4.69) is 25.9 Å². The fourth-order valence-corrected chi connectivity index (χ4v) is 1.97. The Morgan fingerprint density at radius 3 is 2.56 bits per heavy atom. The number of nitrogen functional groups attached to an aromatic ring is 1. The largest absolute Gasteiger partial charge is 0.368 e. The molecule has 3 heteroatoms. The van der Waals surface area contributed by atoms with Crippen LogP contribution in [0.4, 0.5) is 5.88 Å². The number of nitrogens with two attached hydrogens (primary N) is 1. The first-order valence-corrected chi connectivity index (χ1v) is 6.39. The molecule has 0 bridgehead atoms. The number of anilines is 1. The van der Waals surface area contributed by atoms with Crippen molar-refractivity contribution >= 4 is 5.88 Å². The minimum atomic E-state index is 0.430. The van der Waals surface area contributed by atoms with Gasteiger partial charge in [-0.25, -0.2) is 0 Å². The monoisotopic (exact) mass is 224 g/mol. The van der Waals surface area contributed by atoms with Crippen molar-refractivity contribution in [2.75, 3.05) is 5.73 Å². The molecule has 0 aromatic carbocycles. The minimum Gasteiger partial charge on any atom is -0.368 e. The molecule has 0 aliphatic carbocycles. The molecule has 0 amide bonds. The molecule has 2 N–H and O–H groups in total. The number of aromatic nitrogens is 1. The van der Waals surface area contributed by atoms with Gasteiger partial charge in [0.15, 0.2) is 0 Å². The molecule has 0 saturated carbocycles. The summed E-state index contributed by atoms with van der Waals surface area (Å²) in [4.78, 5) is 0. The van der Waals surface area contributed by atoms with E-state index in [9.17, 15) is 0 Å². The van der Waals surface area contributed by atoms with Gasteiger partial charge < -0.3 is 10.3 Å². The van der Waals surface area contributed by atoms with Crippen molar-refractivity contribution in [2.45, 2.75) is 58.8 Å². The van der Waals surface area contributed by atoms with Crippen molar-refractivity contribution in [1.82, 2.24) is 5.16 Å². The molecule has 0 spiro atoms. The highest BCUT2D eigenvalue weighted by Gasteiger charge is 2.16. The zero-order chi connectivity index (χ0) is 12.0. The maximum atomic E-state index is 5.57. The third-order valence-electron chi connectivity index (χ3n) is 3.31. The van der Waals surface area contributed by atoms with Crippen LogP contribution >= 0.6 is 0 Å². The fourth-order valence-electron chi connectivity index (χ4n) is 1.97. The summed E-state index contributed by atoms with van der Waals surface area (Å²) in [5, 5.41) is 4.04. The first-order chi connectivity index (χ1) is 7.67. The van der Waals surface area contributed by atoms with Crippen LogP contribution in [0.25, 0.3) is 0 Å². The lowest BCUT2D eigenvalue weighted by molar-refractivity contribution is 0.396. The van der Waals surface area contributed by atoms with Crippen molar-refractivity contribution in [1.29, 1.82) is 0 Å². The van der Waals surface area contributed by atoms with Gasteiger partial charge in [-0.05, 0) is 18.8 Å². The van der Waals surface area contributed by atoms with Gasteiger partial charge in [0.25, 0.3) is 0 Å². The second kappa shape index (κ2) is 6.56. The molecule has 2 atom stereocenters. The van der Waals surface area contributed by atoms with E-state index in [-0.39, 0.29) is 0 Å². The highest BCUT2D eigenvalue weighted by Crippen LogP contribution is 2.28. The Balaban J connectivity index is 2.53. The summed E-state index contributed by atoms with van der Waals surface area (Å²) in [6.07, 6.45) is 6.04. The smallest absolute Gasteiger partial charge is 0.222 e. The summed E-state index contributed by atoms with van der Waals surface area (Å²) in [6, 6.07) is 1.87. The van der Waals surface area contributed by atoms with Crippen LogP contribution in [-0.4, -0.2) is 5.16 Å². The van der Waals surface area contributed by atoms with E-state index < -0.39 is 0 Å². The molecule has 1 rings (SSSR count). The maximum absolute atomic E-state index is 5.57. The summed E-state index contributed by atoms with van der Waals surface area (Å²) in [7, 11) is 0. The zero-order valence-electron chi connectivity index (χ0n) is 10.7. The van der Waals surface area contributed by atoms with Crippen molar-refractivity contribution < 1.29 is 4.52 Å². The average molecular weight is 224 g/mol. The molecule has 16 heavy (non-hydrogen) atoms. The van der Waals surface area contributed by atoms with Crippen LogP contribution in [0.1, 0.15) is 64.5 Å². The van der Waals surface area contributed by atoms with E-state index in [4.69, 9.17) is 10.3 Å². The first kappa shape index (κ1) is 13.1. The Bertz CT molecular complexity index is 296. The molecule has 0 aliphatic heterocycles. The summed E-state index contributed by atoms with van der Waals surface area (Å²) >= 11 is 0. The standard InChI is InChI=1S/C13H24N2O/c1-4-6-11(8-7-10(3)5-2)12-9-13(14)16-15-12/h9-11H,4-8,14H2,1-3H3. The molecule has 2 unspecified atom stereocenters. The summed E-state index contributed by atoms with van der Waals surface area (Å²) in [5.74, 6) is 1.74. The molecule has 0 saturated heterocycles. The Kier molecular flexibility index (Phi) is 5.36. The van der Waals surface area contributed by atoms with E-state index in [1.165, 1.54) is 32.1 Å². The van der Waals surface area contributed by atoms with E-state index in [1.807, 2.05) is 6.07 Å². The molecule has 1 aromatic rings. The average Bonchev–Trinajstić information content (AvgIpc) is 2.70. The molecule has 1 heterocycles. The number of nitrogens with zero attached hydrogens (tertiary/aromatic N) is 1. The summed E-state index contributed by atoms with van der Waals surface area (Å²) in [6.45, 7) is 6.76. The van der Waals surface area contributed by atoms with Crippen LogP contribution in [0.15, 0.2) is 10.6 Å². The van der Waals surface area contributed by atoms with Gasteiger partial charge in [-0.2, -0.15) is 0 Å². The Hall–Kier alpha value is -0.990. The third-order valence-corrected chi connectivity index (χ3v) is 3.31. The summed E-state index contributed by atoms with van der Waals surface area (Å²) in [5.41, 5.74) is 6.60. The number of hydrogen-bond donors (Lipinski definition) is 1. The predicted octanol–water partition coefficient (Wildman–Crippen LogP) is 3.97. The van der Waals surface area contributed by atoms with Gasteiger partial charge in [-0.15, -0.1) is 0 Å². The van der Waals surface area contributed by atoms with Gasteiger partial charge in [-0.1, -0.05) is 45.2 Å². The van der Waals surface area contributed by atoms with E-state index >= 15 is 0 Å². The Morgan fingerprint density at radius 1 is 1.31 bits per heavy atom. The third kappa shape index (κ3) is 3.87. The molecule has 0 aliphatic rings. The summed E-state index contributed by atoms with van der Waals surface area (Å²) < 4.78 is 4.95. The van der Waals surface area contributed by atoms with E-state index in [0.29, 0.717) is 11.8 Å². The second-order valence-corrected chi connectivity index (χ2v) is 4.73. The van der Waals surface area contributed by atoms with E-state index in [0.717, 1.165) is 11.6 Å². The van der Waals surface area contributed by atoms with Gasteiger partial charge in [-0.3, -0.25) is 0 Å². The lowest BCUT2D eigenvalue weighted by Gasteiger charge is -2.15. The first-order valence-electron chi connectivity index (χ1n) is 6.39. The van der Waals surface area contributed by atoms with Gasteiger partial charge >= 0.3 is 0 Å². The van der Waals surface area contributed by atoms with Crippen molar-refractivity contribution in [3.63, 3.8) is 0 Å². The fraction of sp³-hybridized carbons (Fsp3) is 0.769. The molecular formula is C13H24N2O. The van der Waals surface area contributed by atoms with Crippen LogP contribution in [0, 0.1) is 5.92 Å². The molecular weight excluding hydrogens is 200 g/mol. The van der Waals surface area contributed by atoms with Gasteiger partial charge in [0.2, 0.25) is 5.88 Å². The van der Waals surface area contributed by atoms with Crippen LogP contribution in [0.2, 0.25) is 0 Å². The lowest BCUT2D eigenvalue weighted by Crippen LogP contribution is -2.02. The van der Waals surface area contributed by atoms with Crippen molar-refractivity contribution in [2.24, 2.45) is 5.92 Å². The van der Waals surface area contributed by atoms with Gasteiger partial charge in [0, 0.05) is 12.0 Å². The number of rotatable bonds is 7. The van der Waals surface area contributed by atoms with Crippen molar-refractivity contribution in [3.05, 3.63) is 11.8 Å². The highest BCUT2D eigenvalue weighted by molar-refractivity contribution is 5.26. The lowest BCUT2D eigenvalue weighted by atomic mass is 9.90. The molecule has 0 radical (unpaired) electrons. The topological polar surface area (TPSA) is 52.0 Å². The quantitative estimate of drug-likeness (QED) is 0.762. The van der Waals surface area contributed by atoms with Crippen LogP contribution in [-0.2, 0) is 0 Å². The molecule has 1 aromatic heterocycles. The van der Waals surface area contributed by atoms with Gasteiger partial charge in [0.1, 0.15) is 0 Å². The Morgan fingerprint density at radius 2 is 2.06 bits per heavy atom. The van der Waals surface area contributed by atoms with Gasteiger partial charge in [0.05, 0.1) is 5.69 Å². The number of hydrogen-bond acceptors (Lipinski definition) is 3. The van der Waals surface area contributed by atoms with Crippen LogP contribution < -0.4 is 5.73 Å². The molecule has 0 fully saturated rings. The predicted molar refractivity (Wildman–Crippen MR) is 67.3 cm³/mol. The Labute approximate surface area is 98.4 Å². The molecule has 3 nitrogen and oxygen atoms in total. The molecule has 92 valence electrons. The SMILES string of the molecule is CCCC(CCC(C)CC)c1cc(N)on1. The van der Waals surface area contributed by atoms with Crippen LogP contribution in [0.5, 0.6) is 0 Å². The zero-order valence-corrected chi connectivity index (χ0v) is 10.7. The van der Waals surface area contributed by atoms with Crippen molar-refractivity contribution in [3.8, 4) is 0 Å². The van der Waals surface area contributed by atoms with Crippen LogP contribution in [0.3, 0.4) is 0 Å². The minimum absolute atomic E-state index is 0.430.